The van der Waals surface area contributed by atoms with Crippen molar-refractivity contribution in [2.45, 2.75) is 31.2 Å². The first-order chi connectivity index (χ1) is 13.6. The van der Waals surface area contributed by atoms with Crippen LogP contribution in [0.3, 0.4) is 0 Å². The number of likely N-dealkylation sites (tertiary alicyclic amines) is 1. The number of ether oxygens (including phenoxy) is 1. The average Bonchev–Trinajstić information content (AvgIpc) is 2.74. The van der Waals surface area contributed by atoms with Gasteiger partial charge in [0.1, 0.15) is 5.75 Å². The van der Waals surface area contributed by atoms with Crippen LogP contribution in [0.5, 0.6) is 5.75 Å². The van der Waals surface area contributed by atoms with E-state index in [1.54, 1.807) is 18.9 Å². The predicted molar refractivity (Wildman–Crippen MR) is 116 cm³/mol. The van der Waals surface area contributed by atoms with Gasteiger partial charge in [0.15, 0.2) is 0 Å². The molecule has 0 radical (unpaired) electrons. The van der Waals surface area contributed by atoms with Crippen LogP contribution < -0.4 is 10.1 Å². The standard InChI is InChI=1S/C23H30N2O2S/c1-18-3-5-20(6-4-18)16-25-13-11-19(12-14-25)15-24-23(26)17-28-22-9-7-21(27-2)8-10-22/h3-10,19H,11-17H2,1-2H3,(H,24,26). The fraction of sp³-hybridized carbons (Fsp3) is 0.435. The second-order valence-corrected chi connectivity index (χ2v) is 8.52. The van der Waals surface area contributed by atoms with E-state index in [-0.39, 0.29) is 5.91 Å². The molecule has 1 amide bonds. The summed E-state index contributed by atoms with van der Waals surface area (Å²) in [7, 11) is 1.66. The van der Waals surface area contributed by atoms with Crippen molar-refractivity contribution < 1.29 is 9.53 Å². The first-order valence-corrected chi connectivity index (χ1v) is 10.9. The molecule has 28 heavy (non-hydrogen) atoms. The second kappa shape index (κ2) is 10.5. The van der Waals surface area contributed by atoms with Gasteiger partial charge < -0.3 is 10.1 Å². The number of hydrogen-bond acceptors (Lipinski definition) is 4. The smallest absolute Gasteiger partial charge is 0.230 e. The molecule has 1 aliphatic heterocycles. The Morgan fingerprint density at radius 2 is 1.79 bits per heavy atom. The largest absolute Gasteiger partial charge is 0.497 e. The van der Waals surface area contributed by atoms with E-state index >= 15 is 0 Å². The van der Waals surface area contributed by atoms with Crippen molar-refractivity contribution in [2.24, 2.45) is 5.92 Å². The van der Waals surface area contributed by atoms with Gasteiger partial charge in [-0.2, -0.15) is 0 Å². The molecule has 1 saturated heterocycles. The third-order valence-corrected chi connectivity index (χ3v) is 6.26. The number of hydrogen-bond donors (Lipinski definition) is 1. The second-order valence-electron chi connectivity index (χ2n) is 7.47. The Kier molecular flexibility index (Phi) is 7.80. The van der Waals surface area contributed by atoms with Crippen molar-refractivity contribution in [1.29, 1.82) is 0 Å². The van der Waals surface area contributed by atoms with Crippen molar-refractivity contribution in [3.8, 4) is 5.75 Å². The van der Waals surface area contributed by atoms with Crippen LogP contribution in [0.2, 0.25) is 0 Å². The lowest BCUT2D eigenvalue weighted by molar-refractivity contribution is -0.118. The van der Waals surface area contributed by atoms with E-state index in [1.807, 2.05) is 24.3 Å². The van der Waals surface area contributed by atoms with Gasteiger partial charge in [-0.15, -0.1) is 11.8 Å². The molecule has 0 aromatic heterocycles. The lowest BCUT2D eigenvalue weighted by Crippen LogP contribution is -2.38. The summed E-state index contributed by atoms with van der Waals surface area (Å²) in [5.74, 6) is 1.99. The maximum atomic E-state index is 12.1. The van der Waals surface area contributed by atoms with Crippen LogP contribution in [0.1, 0.15) is 24.0 Å². The van der Waals surface area contributed by atoms with Crippen LogP contribution in [-0.4, -0.2) is 43.3 Å². The summed E-state index contributed by atoms with van der Waals surface area (Å²) in [6.07, 6.45) is 2.30. The summed E-state index contributed by atoms with van der Waals surface area (Å²) < 4.78 is 5.15. The Bertz CT molecular complexity index is 738. The molecule has 1 heterocycles. The molecule has 2 aromatic rings. The molecule has 0 unspecified atom stereocenters. The zero-order valence-electron chi connectivity index (χ0n) is 16.8. The van der Waals surface area contributed by atoms with E-state index < -0.39 is 0 Å². The molecule has 1 N–H and O–H groups in total. The fourth-order valence-electron chi connectivity index (χ4n) is 3.43. The van der Waals surface area contributed by atoms with Crippen molar-refractivity contribution >= 4 is 17.7 Å². The molecule has 3 rings (SSSR count). The molecule has 0 saturated carbocycles. The number of carbonyl (C=O) groups is 1. The topological polar surface area (TPSA) is 41.6 Å². The summed E-state index contributed by atoms with van der Waals surface area (Å²) >= 11 is 1.56. The first-order valence-electron chi connectivity index (χ1n) is 9.94. The Morgan fingerprint density at radius 1 is 1.11 bits per heavy atom. The molecular formula is C23H30N2O2S. The molecule has 0 aliphatic carbocycles. The van der Waals surface area contributed by atoms with Gasteiger partial charge in [-0.3, -0.25) is 9.69 Å². The molecule has 1 aliphatic rings. The monoisotopic (exact) mass is 398 g/mol. The third-order valence-electron chi connectivity index (χ3n) is 5.25. The number of nitrogens with zero attached hydrogens (tertiary/aromatic N) is 1. The van der Waals surface area contributed by atoms with Gasteiger partial charge in [0.25, 0.3) is 0 Å². The van der Waals surface area contributed by atoms with Crippen molar-refractivity contribution in [3.05, 3.63) is 59.7 Å². The van der Waals surface area contributed by atoms with E-state index in [9.17, 15) is 4.79 Å². The zero-order valence-corrected chi connectivity index (χ0v) is 17.6. The number of piperidine rings is 1. The number of methoxy groups -OCH3 is 1. The Hall–Kier alpha value is -1.98. The lowest BCUT2D eigenvalue weighted by atomic mass is 9.96. The van der Waals surface area contributed by atoms with Crippen LogP contribution in [0.25, 0.3) is 0 Å². The highest BCUT2D eigenvalue weighted by Gasteiger charge is 2.19. The summed E-state index contributed by atoms with van der Waals surface area (Å²) in [6, 6.07) is 16.6. The molecule has 0 atom stereocenters. The van der Waals surface area contributed by atoms with E-state index in [0.717, 1.165) is 49.7 Å². The molecule has 0 spiro atoms. The zero-order chi connectivity index (χ0) is 19.8. The van der Waals surface area contributed by atoms with Gasteiger partial charge in [0.2, 0.25) is 5.91 Å². The molecule has 150 valence electrons. The van der Waals surface area contributed by atoms with Crippen molar-refractivity contribution in [1.82, 2.24) is 10.2 Å². The van der Waals surface area contributed by atoms with E-state index in [1.165, 1.54) is 11.1 Å². The van der Waals surface area contributed by atoms with E-state index in [0.29, 0.717) is 11.7 Å². The van der Waals surface area contributed by atoms with Gasteiger partial charge in [-0.05, 0) is 68.6 Å². The lowest BCUT2D eigenvalue weighted by Gasteiger charge is -2.32. The minimum absolute atomic E-state index is 0.114. The Balaban J connectivity index is 1.32. The molecule has 1 fully saturated rings. The van der Waals surface area contributed by atoms with Gasteiger partial charge in [-0.25, -0.2) is 0 Å². The van der Waals surface area contributed by atoms with Crippen LogP contribution in [0.4, 0.5) is 0 Å². The summed E-state index contributed by atoms with van der Waals surface area (Å²) in [6.45, 7) is 6.15. The van der Waals surface area contributed by atoms with Gasteiger partial charge in [-0.1, -0.05) is 29.8 Å². The van der Waals surface area contributed by atoms with Crippen LogP contribution in [-0.2, 0) is 11.3 Å². The minimum atomic E-state index is 0.114. The number of thioether (sulfide) groups is 1. The first kappa shape index (κ1) is 20.7. The molecule has 0 bridgehead atoms. The fourth-order valence-corrected chi connectivity index (χ4v) is 4.16. The number of nitrogens with one attached hydrogen (secondary N) is 1. The third kappa shape index (κ3) is 6.57. The number of benzene rings is 2. The van der Waals surface area contributed by atoms with E-state index in [2.05, 4.69) is 41.4 Å². The van der Waals surface area contributed by atoms with Crippen LogP contribution in [0, 0.1) is 12.8 Å². The Morgan fingerprint density at radius 3 is 2.43 bits per heavy atom. The number of rotatable bonds is 8. The highest BCUT2D eigenvalue weighted by Crippen LogP contribution is 2.21. The van der Waals surface area contributed by atoms with Crippen molar-refractivity contribution in [3.63, 3.8) is 0 Å². The normalized spacial score (nSPS) is 15.4. The highest BCUT2D eigenvalue weighted by molar-refractivity contribution is 8.00. The maximum absolute atomic E-state index is 12.1. The summed E-state index contributed by atoms with van der Waals surface area (Å²) in [5, 5.41) is 3.11. The van der Waals surface area contributed by atoms with Crippen LogP contribution in [0.15, 0.2) is 53.4 Å². The molecule has 5 heteroatoms. The SMILES string of the molecule is COc1ccc(SCC(=O)NCC2CCN(Cc3ccc(C)cc3)CC2)cc1. The van der Waals surface area contributed by atoms with Crippen LogP contribution >= 0.6 is 11.8 Å². The summed E-state index contributed by atoms with van der Waals surface area (Å²) in [5.41, 5.74) is 2.69. The maximum Gasteiger partial charge on any atom is 0.230 e. The quantitative estimate of drug-likeness (QED) is 0.679. The van der Waals surface area contributed by atoms with E-state index in [4.69, 9.17) is 4.74 Å². The number of amides is 1. The van der Waals surface area contributed by atoms with Crippen molar-refractivity contribution in [2.75, 3.05) is 32.5 Å². The molecular weight excluding hydrogens is 368 g/mol. The summed E-state index contributed by atoms with van der Waals surface area (Å²) in [4.78, 5) is 15.7. The minimum Gasteiger partial charge on any atom is -0.497 e. The number of carbonyl (C=O) groups excluding carboxylic acids is 1. The van der Waals surface area contributed by atoms with Gasteiger partial charge in [0, 0.05) is 18.0 Å². The molecule has 2 aromatic carbocycles. The Labute approximate surface area is 172 Å². The average molecular weight is 399 g/mol. The van der Waals surface area contributed by atoms with Gasteiger partial charge >= 0.3 is 0 Å². The molecule has 4 nitrogen and oxygen atoms in total. The predicted octanol–water partition coefficient (Wildman–Crippen LogP) is 4.12. The number of aryl methyl sites for hydroxylation is 1. The van der Waals surface area contributed by atoms with Gasteiger partial charge in [0.05, 0.1) is 12.9 Å². The highest BCUT2D eigenvalue weighted by atomic mass is 32.2.